The molecule has 0 aliphatic rings. The standard InChI is InChI=1S/C13H13ClFNOS/c1-2-3-6-16-13(17)12-11(14)9-5-4-8(15)7-10(9)18-12/h4-5,7H,2-3,6H2,1H3,(H,16,17). The second-order valence-electron chi connectivity index (χ2n) is 4.00. The Morgan fingerprint density at radius 3 is 3.00 bits per heavy atom. The Morgan fingerprint density at radius 2 is 2.28 bits per heavy atom. The summed E-state index contributed by atoms with van der Waals surface area (Å²) < 4.78 is 13.8. The number of thiophene rings is 1. The normalized spacial score (nSPS) is 10.8. The van der Waals surface area contributed by atoms with Gasteiger partial charge in [0.15, 0.2) is 0 Å². The minimum Gasteiger partial charge on any atom is -0.351 e. The van der Waals surface area contributed by atoms with Crippen LogP contribution in [-0.2, 0) is 0 Å². The highest BCUT2D eigenvalue weighted by molar-refractivity contribution is 7.21. The molecular weight excluding hydrogens is 273 g/mol. The molecule has 0 spiro atoms. The van der Waals surface area contributed by atoms with Crippen molar-refractivity contribution in [3.63, 3.8) is 0 Å². The number of carbonyl (C=O) groups excluding carboxylic acids is 1. The third kappa shape index (κ3) is 2.65. The fraction of sp³-hybridized carbons (Fsp3) is 0.308. The molecule has 0 bridgehead atoms. The van der Waals surface area contributed by atoms with Gasteiger partial charge < -0.3 is 5.32 Å². The Balaban J connectivity index is 2.28. The largest absolute Gasteiger partial charge is 0.351 e. The molecule has 18 heavy (non-hydrogen) atoms. The van der Waals surface area contributed by atoms with E-state index in [1.165, 1.54) is 23.5 Å². The molecule has 5 heteroatoms. The second-order valence-corrected chi connectivity index (χ2v) is 5.43. The van der Waals surface area contributed by atoms with Crippen molar-refractivity contribution >= 4 is 38.9 Å². The zero-order valence-electron chi connectivity index (χ0n) is 9.93. The van der Waals surface area contributed by atoms with Gasteiger partial charge in [-0.2, -0.15) is 0 Å². The summed E-state index contributed by atoms with van der Waals surface area (Å²) in [7, 11) is 0. The fourth-order valence-electron chi connectivity index (χ4n) is 1.64. The number of hydrogen-bond donors (Lipinski definition) is 1. The van der Waals surface area contributed by atoms with Gasteiger partial charge in [0.2, 0.25) is 0 Å². The molecule has 0 saturated heterocycles. The highest BCUT2D eigenvalue weighted by Gasteiger charge is 2.16. The van der Waals surface area contributed by atoms with Crippen molar-refractivity contribution in [3.8, 4) is 0 Å². The lowest BCUT2D eigenvalue weighted by atomic mass is 10.2. The monoisotopic (exact) mass is 285 g/mol. The molecule has 0 unspecified atom stereocenters. The van der Waals surface area contributed by atoms with Crippen LogP contribution in [0.4, 0.5) is 4.39 Å². The first-order valence-electron chi connectivity index (χ1n) is 5.79. The van der Waals surface area contributed by atoms with Crippen molar-refractivity contribution in [1.29, 1.82) is 0 Å². The third-order valence-electron chi connectivity index (χ3n) is 2.61. The number of halogens is 2. The van der Waals surface area contributed by atoms with E-state index < -0.39 is 0 Å². The maximum Gasteiger partial charge on any atom is 0.262 e. The van der Waals surface area contributed by atoms with E-state index in [1.54, 1.807) is 6.07 Å². The highest BCUT2D eigenvalue weighted by Crippen LogP contribution is 2.35. The van der Waals surface area contributed by atoms with Gasteiger partial charge in [-0.25, -0.2) is 4.39 Å². The average Bonchev–Trinajstić information content (AvgIpc) is 2.66. The van der Waals surface area contributed by atoms with Crippen LogP contribution in [0.25, 0.3) is 10.1 Å². The van der Waals surface area contributed by atoms with Crippen molar-refractivity contribution in [2.24, 2.45) is 0 Å². The molecule has 2 aromatic rings. The number of rotatable bonds is 4. The van der Waals surface area contributed by atoms with Gasteiger partial charge >= 0.3 is 0 Å². The molecule has 0 aliphatic carbocycles. The van der Waals surface area contributed by atoms with Gasteiger partial charge in [-0.05, 0) is 24.6 Å². The summed E-state index contributed by atoms with van der Waals surface area (Å²) >= 11 is 7.36. The quantitative estimate of drug-likeness (QED) is 0.837. The molecule has 2 rings (SSSR count). The summed E-state index contributed by atoms with van der Waals surface area (Å²) in [6.07, 6.45) is 1.95. The lowest BCUT2D eigenvalue weighted by Gasteiger charge is -2.01. The van der Waals surface area contributed by atoms with Gasteiger partial charge in [0, 0.05) is 16.6 Å². The van der Waals surface area contributed by atoms with Gasteiger partial charge in [0.25, 0.3) is 5.91 Å². The Bertz CT molecular complexity index is 582. The molecule has 0 fully saturated rings. The van der Waals surface area contributed by atoms with Crippen LogP contribution in [0.2, 0.25) is 5.02 Å². The van der Waals surface area contributed by atoms with Crippen LogP contribution in [0.1, 0.15) is 29.4 Å². The number of carbonyl (C=O) groups is 1. The molecule has 96 valence electrons. The van der Waals surface area contributed by atoms with Crippen LogP contribution >= 0.6 is 22.9 Å². The van der Waals surface area contributed by atoms with Gasteiger partial charge in [-0.3, -0.25) is 4.79 Å². The Labute approximate surface area is 114 Å². The van der Waals surface area contributed by atoms with Gasteiger partial charge in [0.05, 0.1) is 5.02 Å². The Morgan fingerprint density at radius 1 is 1.50 bits per heavy atom. The van der Waals surface area contributed by atoms with E-state index in [9.17, 15) is 9.18 Å². The molecule has 1 aromatic heterocycles. The van der Waals surface area contributed by atoms with E-state index in [0.717, 1.165) is 18.2 Å². The highest BCUT2D eigenvalue weighted by atomic mass is 35.5. The van der Waals surface area contributed by atoms with Gasteiger partial charge in [-0.15, -0.1) is 11.3 Å². The third-order valence-corrected chi connectivity index (χ3v) is 4.27. The van der Waals surface area contributed by atoms with Crippen LogP contribution < -0.4 is 5.32 Å². The van der Waals surface area contributed by atoms with Crippen LogP contribution in [0, 0.1) is 5.82 Å². The maximum atomic E-state index is 13.1. The van der Waals surface area contributed by atoms with Crippen LogP contribution in [-0.4, -0.2) is 12.5 Å². The second kappa shape index (κ2) is 5.67. The predicted octanol–water partition coefficient (Wildman–Crippen LogP) is 4.22. The van der Waals surface area contributed by atoms with Crippen molar-refractivity contribution in [3.05, 3.63) is 33.9 Å². The average molecular weight is 286 g/mol. The lowest BCUT2D eigenvalue weighted by Crippen LogP contribution is -2.23. The van der Waals surface area contributed by atoms with Crippen molar-refractivity contribution in [2.75, 3.05) is 6.54 Å². The van der Waals surface area contributed by atoms with E-state index in [4.69, 9.17) is 11.6 Å². The summed E-state index contributed by atoms with van der Waals surface area (Å²) in [6, 6.07) is 4.35. The zero-order valence-corrected chi connectivity index (χ0v) is 11.5. The maximum absolute atomic E-state index is 13.1. The van der Waals surface area contributed by atoms with E-state index in [0.29, 0.717) is 21.1 Å². The van der Waals surface area contributed by atoms with Crippen molar-refractivity contribution < 1.29 is 9.18 Å². The van der Waals surface area contributed by atoms with Crippen LogP contribution in [0.3, 0.4) is 0 Å². The number of hydrogen-bond acceptors (Lipinski definition) is 2. The first-order valence-corrected chi connectivity index (χ1v) is 6.98. The molecular formula is C13H13ClFNOS. The molecule has 0 radical (unpaired) electrons. The van der Waals surface area contributed by atoms with Crippen molar-refractivity contribution in [2.45, 2.75) is 19.8 Å². The fourth-order valence-corrected chi connectivity index (χ4v) is 3.10. The number of benzene rings is 1. The Hall–Kier alpha value is -1.13. The van der Waals surface area contributed by atoms with E-state index in [2.05, 4.69) is 12.2 Å². The Kier molecular flexibility index (Phi) is 4.19. The molecule has 0 atom stereocenters. The number of nitrogens with one attached hydrogen (secondary N) is 1. The van der Waals surface area contributed by atoms with Gasteiger partial charge in [-0.1, -0.05) is 24.9 Å². The summed E-state index contributed by atoms with van der Waals surface area (Å²) in [5, 5.41) is 3.94. The number of fused-ring (bicyclic) bond motifs is 1. The minimum atomic E-state index is -0.321. The van der Waals surface area contributed by atoms with Gasteiger partial charge in [0.1, 0.15) is 10.7 Å². The summed E-state index contributed by atoms with van der Waals surface area (Å²) in [5.74, 6) is -0.506. The predicted molar refractivity (Wildman–Crippen MR) is 74.0 cm³/mol. The summed E-state index contributed by atoms with van der Waals surface area (Å²) in [6.45, 7) is 2.69. The lowest BCUT2D eigenvalue weighted by molar-refractivity contribution is 0.0957. The minimum absolute atomic E-state index is 0.185. The first-order chi connectivity index (χ1) is 8.63. The topological polar surface area (TPSA) is 29.1 Å². The number of amides is 1. The zero-order chi connectivity index (χ0) is 13.1. The van der Waals surface area contributed by atoms with Crippen LogP contribution in [0.15, 0.2) is 18.2 Å². The van der Waals surface area contributed by atoms with E-state index in [-0.39, 0.29) is 11.7 Å². The van der Waals surface area contributed by atoms with E-state index in [1.807, 2.05) is 0 Å². The smallest absolute Gasteiger partial charge is 0.262 e. The molecule has 0 saturated carbocycles. The number of unbranched alkanes of at least 4 members (excludes halogenated alkanes) is 1. The molecule has 1 heterocycles. The molecule has 1 N–H and O–H groups in total. The summed E-state index contributed by atoms with van der Waals surface area (Å²) in [5.41, 5.74) is 0. The van der Waals surface area contributed by atoms with Crippen molar-refractivity contribution in [1.82, 2.24) is 5.32 Å². The van der Waals surface area contributed by atoms with E-state index >= 15 is 0 Å². The summed E-state index contributed by atoms with van der Waals surface area (Å²) in [4.78, 5) is 12.4. The van der Waals surface area contributed by atoms with Crippen LogP contribution in [0.5, 0.6) is 0 Å². The SMILES string of the molecule is CCCCNC(=O)c1sc2cc(F)ccc2c1Cl. The molecule has 1 aromatic carbocycles. The molecule has 2 nitrogen and oxygen atoms in total. The molecule has 0 aliphatic heterocycles. The molecule has 1 amide bonds. The first kappa shape index (κ1) is 13.3.